The van der Waals surface area contributed by atoms with Crippen LogP contribution in [0, 0.1) is 16.0 Å². The van der Waals surface area contributed by atoms with Gasteiger partial charge in [-0.05, 0) is 34.8 Å². The molecule has 2 N–H and O–H groups in total. The molecule has 0 radical (unpaired) electrons. The van der Waals surface area contributed by atoms with Crippen LogP contribution in [0.2, 0.25) is 0 Å². The van der Waals surface area contributed by atoms with Crippen molar-refractivity contribution in [2.45, 2.75) is 26.3 Å². The molecule has 2 aromatic rings. The van der Waals surface area contributed by atoms with Crippen LogP contribution in [0.25, 0.3) is 11.0 Å². The lowest BCUT2D eigenvalue weighted by Crippen LogP contribution is -2.31. The Hall–Kier alpha value is -2.71. The Bertz CT molecular complexity index is 681. The SMILES string of the molecule is CC(C)C[C@H](Nc1ccc2nonc2c1[N+](=O)[O-])C(=O)O. The number of rotatable bonds is 6. The number of carboxylic acids is 1. The molecule has 112 valence electrons. The van der Waals surface area contributed by atoms with Crippen LogP contribution in [0.3, 0.4) is 0 Å². The van der Waals surface area contributed by atoms with Gasteiger partial charge in [-0.3, -0.25) is 10.1 Å². The van der Waals surface area contributed by atoms with Crippen LogP contribution in [0.4, 0.5) is 11.4 Å². The second-order valence-electron chi connectivity index (χ2n) is 5.02. The molecule has 0 amide bonds. The van der Waals surface area contributed by atoms with Crippen molar-refractivity contribution in [1.29, 1.82) is 0 Å². The van der Waals surface area contributed by atoms with E-state index in [0.717, 1.165) is 0 Å². The maximum absolute atomic E-state index is 11.3. The molecule has 0 bridgehead atoms. The second kappa shape index (κ2) is 5.73. The summed E-state index contributed by atoms with van der Waals surface area (Å²) in [6, 6.07) is 1.96. The van der Waals surface area contributed by atoms with E-state index in [0.29, 0.717) is 6.42 Å². The van der Waals surface area contributed by atoms with Crippen LogP contribution in [-0.4, -0.2) is 32.4 Å². The Balaban J connectivity index is 2.42. The molecule has 1 heterocycles. The average Bonchev–Trinajstić information content (AvgIpc) is 2.84. The number of nitrogens with one attached hydrogen (secondary N) is 1. The van der Waals surface area contributed by atoms with Crippen molar-refractivity contribution >= 4 is 28.4 Å². The van der Waals surface area contributed by atoms with Crippen LogP contribution < -0.4 is 5.32 Å². The van der Waals surface area contributed by atoms with Gasteiger partial charge in [0.05, 0.1) is 4.92 Å². The number of anilines is 1. The van der Waals surface area contributed by atoms with E-state index in [1.807, 2.05) is 13.8 Å². The molecule has 2 rings (SSSR count). The largest absolute Gasteiger partial charge is 0.480 e. The van der Waals surface area contributed by atoms with Crippen molar-refractivity contribution in [3.8, 4) is 0 Å². The first-order valence-electron chi connectivity index (χ1n) is 6.29. The summed E-state index contributed by atoms with van der Waals surface area (Å²) >= 11 is 0. The minimum Gasteiger partial charge on any atom is -0.480 e. The van der Waals surface area contributed by atoms with Crippen molar-refractivity contribution in [2.24, 2.45) is 5.92 Å². The summed E-state index contributed by atoms with van der Waals surface area (Å²) in [6.07, 6.45) is 0.335. The van der Waals surface area contributed by atoms with E-state index in [9.17, 15) is 20.0 Å². The minimum atomic E-state index is -1.07. The molecule has 0 unspecified atom stereocenters. The smallest absolute Gasteiger partial charge is 0.326 e. The van der Waals surface area contributed by atoms with Gasteiger partial charge in [-0.15, -0.1) is 0 Å². The zero-order valence-electron chi connectivity index (χ0n) is 11.4. The van der Waals surface area contributed by atoms with Gasteiger partial charge < -0.3 is 10.4 Å². The summed E-state index contributed by atoms with van der Waals surface area (Å²) in [6.45, 7) is 3.74. The number of carbonyl (C=O) groups is 1. The molecule has 1 aromatic carbocycles. The lowest BCUT2D eigenvalue weighted by Gasteiger charge is -2.17. The Morgan fingerprint density at radius 1 is 1.48 bits per heavy atom. The summed E-state index contributed by atoms with van der Waals surface area (Å²) < 4.78 is 4.48. The van der Waals surface area contributed by atoms with E-state index in [1.165, 1.54) is 12.1 Å². The van der Waals surface area contributed by atoms with Gasteiger partial charge in [0.2, 0.25) is 5.52 Å². The molecule has 0 saturated carbocycles. The Kier molecular flexibility index (Phi) is 4.01. The minimum absolute atomic E-state index is 0.0151. The van der Waals surface area contributed by atoms with E-state index >= 15 is 0 Å². The van der Waals surface area contributed by atoms with Crippen LogP contribution in [0.15, 0.2) is 16.8 Å². The summed E-state index contributed by atoms with van der Waals surface area (Å²) in [7, 11) is 0. The van der Waals surface area contributed by atoms with Gasteiger partial charge in [-0.25, -0.2) is 9.42 Å². The fourth-order valence-electron chi connectivity index (χ4n) is 2.02. The first kappa shape index (κ1) is 14.7. The van der Waals surface area contributed by atoms with Crippen LogP contribution in [0.1, 0.15) is 20.3 Å². The average molecular weight is 294 g/mol. The normalized spacial score (nSPS) is 12.5. The molecule has 21 heavy (non-hydrogen) atoms. The molecule has 9 heteroatoms. The predicted molar refractivity (Wildman–Crippen MR) is 73.0 cm³/mol. The van der Waals surface area contributed by atoms with E-state index in [2.05, 4.69) is 20.3 Å². The van der Waals surface area contributed by atoms with E-state index in [-0.39, 0.29) is 28.3 Å². The second-order valence-corrected chi connectivity index (χ2v) is 5.02. The fraction of sp³-hybridized carbons (Fsp3) is 0.417. The highest BCUT2D eigenvalue weighted by atomic mass is 16.6. The number of hydrogen-bond acceptors (Lipinski definition) is 7. The monoisotopic (exact) mass is 294 g/mol. The van der Waals surface area contributed by atoms with Gasteiger partial charge in [0, 0.05) is 0 Å². The predicted octanol–water partition coefficient (Wildman–Crippen LogP) is 2.04. The van der Waals surface area contributed by atoms with E-state index in [4.69, 9.17) is 0 Å². The zero-order valence-corrected chi connectivity index (χ0v) is 11.4. The number of aliphatic carboxylic acids is 1. The highest BCUT2D eigenvalue weighted by Gasteiger charge is 2.26. The molecule has 9 nitrogen and oxygen atoms in total. The van der Waals surface area contributed by atoms with Gasteiger partial charge in [0.1, 0.15) is 17.2 Å². The zero-order chi connectivity index (χ0) is 15.6. The summed E-state index contributed by atoms with van der Waals surface area (Å²) in [5.41, 5.74) is -0.0401. The van der Waals surface area contributed by atoms with E-state index < -0.39 is 16.9 Å². The number of carboxylic acid groups (broad SMARTS) is 1. The van der Waals surface area contributed by atoms with Gasteiger partial charge in [0.15, 0.2) is 0 Å². The van der Waals surface area contributed by atoms with Crippen molar-refractivity contribution in [2.75, 3.05) is 5.32 Å². The Morgan fingerprint density at radius 2 is 2.19 bits per heavy atom. The molecular formula is C12H14N4O5. The highest BCUT2D eigenvalue weighted by molar-refractivity contribution is 5.92. The maximum Gasteiger partial charge on any atom is 0.326 e. The van der Waals surface area contributed by atoms with Crippen molar-refractivity contribution < 1.29 is 19.5 Å². The summed E-state index contributed by atoms with van der Waals surface area (Å²) in [5.74, 6) is -0.952. The standard InChI is InChI=1S/C12H14N4O5/c1-6(2)5-9(12(17)18)13-8-4-3-7-10(15-21-14-7)11(8)16(19)20/h3-4,6,9,13H,5H2,1-2H3,(H,17,18)/t9-/m0/s1. The molecule has 0 spiro atoms. The van der Waals surface area contributed by atoms with Crippen LogP contribution >= 0.6 is 0 Å². The number of fused-ring (bicyclic) bond motifs is 1. The molecular weight excluding hydrogens is 280 g/mol. The molecule has 0 aliphatic heterocycles. The third-order valence-corrected chi connectivity index (χ3v) is 2.92. The lowest BCUT2D eigenvalue weighted by atomic mass is 10.0. The van der Waals surface area contributed by atoms with Crippen LogP contribution in [-0.2, 0) is 4.79 Å². The molecule has 0 fully saturated rings. The highest BCUT2D eigenvalue weighted by Crippen LogP contribution is 2.32. The topological polar surface area (TPSA) is 131 Å². The van der Waals surface area contributed by atoms with Gasteiger partial charge in [-0.2, -0.15) is 0 Å². The third-order valence-electron chi connectivity index (χ3n) is 2.92. The number of hydrogen-bond donors (Lipinski definition) is 2. The first-order chi connectivity index (χ1) is 9.90. The Labute approximate surface area is 119 Å². The number of benzene rings is 1. The fourth-order valence-corrected chi connectivity index (χ4v) is 2.02. The summed E-state index contributed by atoms with van der Waals surface area (Å²) in [5, 5.41) is 30.1. The number of nitrogens with zero attached hydrogens (tertiary/aromatic N) is 3. The van der Waals surface area contributed by atoms with Crippen molar-refractivity contribution in [3.63, 3.8) is 0 Å². The third kappa shape index (κ3) is 3.07. The van der Waals surface area contributed by atoms with Gasteiger partial charge in [-0.1, -0.05) is 13.8 Å². The molecule has 1 atom stereocenters. The number of nitro benzene ring substituents is 1. The summed E-state index contributed by atoms with van der Waals surface area (Å²) in [4.78, 5) is 21.8. The Morgan fingerprint density at radius 3 is 2.76 bits per heavy atom. The molecule has 1 aromatic heterocycles. The van der Waals surface area contributed by atoms with Crippen LogP contribution in [0.5, 0.6) is 0 Å². The molecule has 0 aliphatic rings. The first-order valence-corrected chi connectivity index (χ1v) is 6.29. The van der Waals surface area contributed by atoms with Gasteiger partial charge in [0.25, 0.3) is 0 Å². The molecule has 0 saturated heterocycles. The maximum atomic E-state index is 11.3. The molecule has 0 aliphatic carbocycles. The quantitative estimate of drug-likeness (QED) is 0.611. The lowest BCUT2D eigenvalue weighted by molar-refractivity contribution is -0.382. The van der Waals surface area contributed by atoms with Crippen molar-refractivity contribution in [3.05, 3.63) is 22.2 Å². The van der Waals surface area contributed by atoms with E-state index in [1.54, 1.807) is 0 Å². The number of aromatic nitrogens is 2. The number of nitro groups is 1. The van der Waals surface area contributed by atoms with Gasteiger partial charge >= 0.3 is 11.7 Å². The van der Waals surface area contributed by atoms with Crippen molar-refractivity contribution in [1.82, 2.24) is 10.3 Å².